The van der Waals surface area contributed by atoms with Crippen molar-refractivity contribution >= 4 is 15.9 Å². The Morgan fingerprint density at radius 2 is 1.73 bits per heavy atom. The molecule has 7 nitrogen and oxygen atoms in total. The zero-order chi connectivity index (χ0) is 19.0. The van der Waals surface area contributed by atoms with Crippen LogP contribution in [0.3, 0.4) is 0 Å². The van der Waals surface area contributed by atoms with Gasteiger partial charge in [0.05, 0.1) is 11.5 Å². The van der Waals surface area contributed by atoms with Crippen molar-refractivity contribution in [3.8, 4) is 0 Å². The van der Waals surface area contributed by atoms with Crippen molar-refractivity contribution in [2.45, 2.75) is 25.3 Å². The first-order valence-electron chi connectivity index (χ1n) is 7.89. The molecule has 1 amide bonds. The third kappa shape index (κ3) is 5.69. The number of aryl methyl sites for hydroxylation is 1. The van der Waals surface area contributed by atoms with E-state index in [9.17, 15) is 13.2 Å². The van der Waals surface area contributed by atoms with Crippen LogP contribution in [-0.2, 0) is 26.3 Å². The van der Waals surface area contributed by atoms with Gasteiger partial charge in [-0.15, -0.1) is 4.83 Å². The summed E-state index contributed by atoms with van der Waals surface area (Å²) in [5.41, 5.74) is 6.60. The van der Waals surface area contributed by atoms with Crippen molar-refractivity contribution in [2.75, 3.05) is 0 Å². The van der Waals surface area contributed by atoms with Gasteiger partial charge in [0.15, 0.2) is 0 Å². The third-order valence-electron chi connectivity index (χ3n) is 3.43. The highest BCUT2D eigenvalue weighted by atomic mass is 32.2. The van der Waals surface area contributed by atoms with Crippen molar-refractivity contribution in [2.24, 2.45) is 0 Å². The maximum absolute atomic E-state index is 12.2. The smallest absolute Gasteiger partial charge is 0.272 e. The number of hydrazine groups is 1. The molecule has 26 heavy (non-hydrogen) atoms. The number of amides is 1. The second kappa shape index (κ2) is 9.14. The highest BCUT2D eigenvalue weighted by molar-refractivity contribution is 7.89. The van der Waals surface area contributed by atoms with Gasteiger partial charge in [0.25, 0.3) is 15.9 Å². The summed E-state index contributed by atoms with van der Waals surface area (Å²) in [4.78, 5) is 19.5. The number of carbonyl (C=O) groups is 1. The van der Waals surface area contributed by atoms with Crippen LogP contribution in [-0.4, -0.2) is 14.3 Å². The van der Waals surface area contributed by atoms with Gasteiger partial charge in [-0.1, -0.05) is 54.1 Å². The Morgan fingerprint density at radius 3 is 2.35 bits per heavy atom. The Balaban J connectivity index is 1.87. The Bertz CT molecular complexity index is 863. The summed E-state index contributed by atoms with van der Waals surface area (Å²) in [5.74, 6) is -0.670. The van der Waals surface area contributed by atoms with Gasteiger partial charge in [-0.05, 0) is 31.5 Å². The van der Waals surface area contributed by atoms with E-state index in [-0.39, 0.29) is 17.2 Å². The molecule has 2 aromatic rings. The minimum absolute atomic E-state index is 0.0544. The highest BCUT2D eigenvalue weighted by Gasteiger charge is 2.16. The number of benzene rings is 2. The summed E-state index contributed by atoms with van der Waals surface area (Å²) in [7, 11) is -3.86. The Kier molecular flexibility index (Phi) is 6.90. The highest BCUT2D eigenvalue weighted by Crippen LogP contribution is 2.09. The van der Waals surface area contributed by atoms with Crippen LogP contribution in [0.1, 0.15) is 18.1 Å². The quantitative estimate of drug-likeness (QED) is 0.484. The molecule has 138 valence electrons. The fourth-order valence-corrected chi connectivity index (χ4v) is 2.80. The lowest BCUT2D eigenvalue weighted by molar-refractivity contribution is -0.120. The second-order valence-corrected chi connectivity index (χ2v) is 7.13. The summed E-state index contributed by atoms with van der Waals surface area (Å²) in [6, 6.07) is 15.7. The minimum Gasteiger partial charge on any atom is -0.272 e. The molecule has 0 aliphatic carbocycles. The van der Waals surface area contributed by atoms with Crippen molar-refractivity contribution < 1.29 is 18.0 Å². The number of hydrogen-bond donors (Lipinski definition) is 3. The largest absolute Gasteiger partial charge is 0.284 e. The maximum atomic E-state index is 12.2. The zero-order valence-corrected chi connectivity index (χ0v) is 15.3. The summed E-state index contributed by atoms with van der Waals surface area (Å²) < 4.78 is 24.3. The number of hydrogen-bond acceptors (Lipinski definition) is 5. The average molecular weight is 375 g/mol. The third-order valence-corrected chi connectivity index (χ3v) is 4.69. The molecule has 8 heteroatoms. The predicted octanol–water partition coefficient (Wildman–Crippen LogP) is 1.93. The van der Waals surface area contributed by atoms with Crippen molar-refractivity contribution in [1.29, 1.82) is 0 Å². The van der Waals surface area contributed by atoms with E-state index < -0.39 is 15.9 Å². The van der Waals surface area contributed by atoms with Gasteiger partial charge in [0, 0.05) is 0 Å². The number of allylic oxidation sites excluding steroid dienone is 1. The van der Waals surface area contributed by atoms with Crippen LogP contribution in [0.4, 0.5) is 0 Å². The summed E-state index contributed by atoms with van der Waals surface area (Å²) >= 11 is 0. The molecule has 0 fully saturated rings. The van der Waals surface area contributed by atoms with Crippen LogP contribution in [0.5, 0.6) is 0 Å². The van der Waals surface area contributed by atoms with Crippen LogP contribution in [0.15, 0.2) is 71.3 Å². The molecule has 0 saturated carbocycles. The number of rotatable bonds is 8. The standard InChI is InChI=1S/C18H21N3O4S/c1-3-17(20-25-13-15-7-5-4-6-8-15)18(22)19-21-26(23,24)16-11-9-14(2)10-12-16/h3-12,20-21H,13H2,1-2H3,(H,19,22). The SMILES string of the molecule is CC=C(NOCc1ccccc1)C(=O)NNS(=O)(=O)c1ccc(C)cc1. The molecule has 3 N–H and O–H groups in total. The van der Waals surface area contributed by atoms with Crippen LogP contribution in [0.2, 0.25) is 0 Å². The lowest BCUT2D eigenvalue weighted by atomic mass is 10.2. The normalized spacial score (nSPS) is 11.8. The Hall–Kier alpha value is -2.68. The molecule has 0 aliphatic rings. The predicted molar refractivity (Wildman–Crippen MR) is 97.8 cm³/mol. The molecule has 2 rings (SSSR count). The molecular formula is C18H21N3O4S. The van der Waals surface area contributed by atoms with Crippen LogP contribution < -0.4 is 15.7 Å². The number of nitrogens with one attached hydrogen (secondary N) is 3. The van der Waals surface area contributed by atoms with E-state index in [2.05, 4.69) is 15.7 Å². The van der Waals surface area contributed by atoms with Gasteiger partial charge < -0.3 is 0 Å². The van der Waals surface area contributed by atoms with Gasteiger partial charge in [0.2, 0.25) is 0 Å². The van der Waals surface area contributed by atoms with Gasteiger partial charge >= 0.3 is 0 Å². The van der Waals surface area contributed by atoms with Crippen molar-refractivity contribution in [1.82, 2.24) is 15.7 Å². The van der Waals surface area contributed by atoms with Crippen molar-refractivity contribution in [3.05, 3.63) is 77.5 Å². The van der Waals surface area contributed by atoms with Gasteiger partial charge in [0.1, 0.15) is 5.70 Å². The van der Waals surface area contributed by atoms with Gasteiger partial charge in [-0.2, -0.15) is 0 Å². The summed E-state index contributed by atoms with van der Waals surface area (Å²) in [5, 5.41) is 0. The molecular weight excluding hydrogens is 354 g/mol. The maximum Gasteiger partial charge on any atom is 0.284 e. The van der Waals surface area contributed by atoms with E-state index in [1.165, 1.54) is 18.2 Å². The lowest BCUT2D eigenvalue weighted by Crippen LogP contribution is -2.44. The van der Waals surface area contributed by atoms with E-state index in [0.29, 0.717) is 0 Å². The van der Waals surface area contributed by atoms with Crippen molar-refractivity contribution in [3.63, 3.8) is 0 Å². The fourth-order valence-electron chi connectivity index (χ4n) is 1.96. The fraction of sp³-hybridized carbons (Fsp3) is 0.167. The first-order chi connectivity index (χ1) is 12.4. The summed E-state index contributed by atoms with van der Waals surface area (Å²) in [6.07, 6.45) is 1.47. The Morgan fingerprint density at radius 1 is 1.08 bits per heavy atom. The second-order valence-electron chi connectivity index (χ2n) is 5.45. The molecule has 0 radical (unpaired) electrons. The zero-order valence-electron chi connectivity index (χ0n) is 14.5. The molecule has 0 aliphatic heterocycles. The Labute approximate surface area is 153 Å². The van der Waals surface area contributed by atoms with E-state index in [1.54, 1.807) is 19.1 Å². The van der Waals surface area contributed by atoms with E-state index in [1.807, 2.05) is 37.3 Å². The first kappa shape index (κ1) is 19.6. The van der Waals surface area contributed by atoms with Gasteiger partial charge in [-0.3, -0.25) is 20.5 Å². The van der Waals surface area contributed by atoms with Crippen LogP contribution in [0, 0.1) is 6.92 Å². The van der Waals surface area contributed by atoms with Crippen LogP contribution in [0.25, 0.3) is 0 Å². The number of hydroxylamine groups is 1. The molecule has 0 aromatic heterocycles. The molecule has 0 unspecified atom stereocenters. The molecule has 0 atom stereocenters. The monoisotopic (exact) mass is 375 g/mol. The average Bonchev–Trinajstić information content (AvgIpc) is 2.64. The topological polar surface area (TPSA) is 96.5 Å². The van der Waals surface area contributed by atoms with Gasteiger partial charge in [-0.25, -0.2) is 8.42 Å². The molecule has 0 spiro atoms. The minimum atomic E-state index is -3.86. The van der Waals surface area contributed by atoms with E-state index in [0.717, 1.165) is 11.1 Å². The van der Waals surface area contributed by atoms with E-state index in [4.69, 9.17) is 4.84 Å². The number of sulfonamides is 1. The summed E-state index contributed by atoms with van der Waals surface area (Å²) in [6.45, 7) is 3.73. The van der Waals surface area contributed by atoms with Crippen LogP contribution >= 0.6 is 0 Å². The molecule has 2 aromatic carbocycles. The molecule has 0 heterocycles. The number of carbonyl (C=O) groups excluding carboxylic acids is 1. The van der Waals surface area contributed by atoms with E-state index >= 15 is 0 Å². The molecule has 0 saturated heterocycles. The lowest BCUT2D eigenvalue weighted by Gasteiger charge is -2.12. The molecule has 0 bridgehead atoms. The first-order valence-corrected chi connectivity index (χ1v) is 9.37.